The van der Waals surface area contributed by atoms with Crippen LogP contribution < -0.4 is 19.9 Å². The standard InChI is InChI=1S/C35H31ClF3N3O6S/c1-5-42(49(4,45)46)29-17-30-27(16-26(29)23-10-7-11-24(18(23)2)33(43)40-19(3)35(37,38)39)31-32(48-30)25-13-12-22(15-28(25)41-34(31)44)47-21-9-6-8-20(36)14-21/h6-19,24H,5H2,1-4H3,(H,40,43)(H,41,44)/t18?,19-,24?/m0/s1. The summed E-state index contributed by atoms with van der Waals surface area (Å²) >= 11 is 6.08. The van der Waals surface area contributed by atoms with Crippen LogP contribution in [0.5, 0.6) is 11.5 Å². The maximum Gasteiger partial charge on any atom is 0.408 e. The normalized spacial score (nSPS) is 17.3. The van der Waals surface area contributed by atoms with Crippen molar-refractivity contribution < 1.29 is 35.5 Å². The Morgan fingerprint density at radius 3 is 2.53 bits per heavy atom. The minimum atomic E-state index is -4.63. The number of aromatic amines is 1. The summed E-state index contributed by atoms with van der Waals surface area (Å²) in [5.41, 5.74) is 1.56. The molecule has 0 bridgehead atoms. The molecule has 14 heteroatoms. The van der Waals surface area contributed by atoms with Crippen molar-refractivity contribution in [3.8, 4) is 11.5 Å². The molecule has 0 fully saturated rings. The number of allylic oxidation sites excluding steroid dienone is 3. The molecule has 9 nitrogen and oxygen atoms in total. The molecule has 6 rings (SSSR count). The van der Waals surface area contributed by atoms with E-state index in [2.05, 4.69) is 4.98 Å². The second-order valence-electron chi connectivity index (χ2n) is 11.9. The van der Waals surface area contributed by atoms with Gasteiger partial charge in [0, 0.05) is 40.0 Å². The summed E-state index contributed by atoms with van der Waals surface area (Å²) in [5.74, 6) is -1.55. The summed E-state index contributed by atoms with van der Waals surface area (Å²) in [6.45, 7) is 4.24. The van der Waals surface area contributed by atoms with Gasteiger partial charge in [-0.2, -0.15) is 13.2 Å². The van der Waals surface area contributed by atoms with Crippen LogP contribution in [-0.2, 0) is 14.8 Å². The number of fused-ring (bicyclic) bond motifs is 5. The molecule has 0 radical (unpaired) electrons. The average Bonchev–Trinajstić information content (AvgIpc) is 3.39. The molecule has 5 aromatic rings. The highest BCUT2D eigenvalue weighted by Gasteiger charge is 2.39. The van der Waals surface area contributed by atoms with Crippen molar-refractivity contribution in [3.05, 3.63) is 93.8 Å². The fourth-order valence-electron chi connectivity index (χ4n) is 6.14. The van der Waals surface area contributed by atoms with Crippen molar-refractivity contribution in [1.29, 1.82) is 0 Å². The fraction of sp³-hybridized carbons (Fsp3) is 0.257. The van der Waals surface area contributed by atoms with E-state index in [0.717, 1.165) is 13.2 Å². The highest BCUT2D eigenvalue weighted by molar-refractivity contribution is 7.92. The van der Waals surface area contributed by atoms with Gasteiger partial charge in [0.25, 0.3) is 5.56 Å². The molecule has 2 aromatic heterocycles. The highest BCUT2D eigenvalue weighted by Crippen LogP contribution is 2.43. The number of hydrogen-bond acceptors (Lipinski definition) is 6. The molecule has 49 heavy (non-hydrogen) atoms. The van der Waals surface area contributed by atoms with Crippen molar-refractivity contribution in [3.63, 3.8) is 0 Å². The third-order valence-electron chi connectivity index (χ3n) is 8.59. The lowest BCUT2D eigenvalue weighted by Crippen LogP contribution is -2.46. The SMILES string of the molecule is CCN(c1cc2oc3c4ccc(Oc5cccc(Cl)c5)cc4[nH]c(=O)c3c2cc1C1=CC=CC(C(=O)N[C@@H](C)C(F)(F)F)C1C)S(C)(=O)=O. The summed E-state index contributed by atoms with van der Waals surface area (Å²) in [6.07, 6.45) is 1.17. The van der Waals surface area contributed by atoms with Gasteiger partial charge in [-0.3, -0.25) is 13.9 Å². The number of amides is 1. The van der Waals surface area contributed by atoms with Gasteiger partial charge < -0.3 is 19.5 Å². The van der Waals surface area contributed by atoms with Gasteiger partial charge in [-0.25, -0.2) is 8.42 Å². The Morgan fingerprint density at radius 1 is 1.12 bits per heavy atom. The van der Waals surface area contributed by atoms with Crippen LogP contribution in [0.25, 0.3) is 38.4 Å². The van der Waals surface area contributed by atoms with Crippen LogP contribution in [0.3, 0.4) is 0 Å². The molecule has 0 aliphatic heterocycles. The molecule has 2 unspecified atom stereocenters. The zero-order valence-electron chi connectivity index (χ0n) is 26.7. The smallest absolute Gasteiger partial charge is 0.408 e. The lowest BCUT2D eigenvalue weighted by Gasteiger charge is -2.30. The number of H-pyrrole nitrogens is 1. The number of carbonyl (C=O) groups is 1. The number of aromatic nitrogens is 1. The molecule has 3 aromatic carbocycles. The summed E-state index contributed by atoms with van der Waals surface area (Å²) in [7, 11) is -3.83. The van der Waals surface area contributed by atoms with Gasteiger partial charge >= 0.3 is 6.18 Å². The molecule has 1 amide bonds. The Morgan fingerprint density at radius 2 is 1.86 bits per heavy atom. The summed E-state index contributed by atoms with van der Waals surface area (Å²) in [5, 5.41) is 3.69. The molecule has 256 valence electrons. The first-order valence-electron chi connectivity index (χ1n) is 15.3. The van der Waals surface area contributed by atoms with E-state index in [1.165, 1.54) is 16.4 Å². The zero-order valence-corrected chi connectivity index (χ0v) is 28.3. The Balaban J connectivity index is 1.50. The predicted molar refractivity (Wildman–Crippen MR) is 185 cm³/mol. The third-order valence-corrected chi connectivity index (χ3v) is 10.1. The average molecular weight is 714 g/mol. The largest absolute Gasteiger partial charge is 0.457 e. The van der Waals surface area contributed by atoms with E-state index < -0.39 is 45.5 Å². The van der Waals surface area contributed by atoms with Gasteiger partial charge in [0.1, 0.15) is 28.7 Å². The number of furan rings is 1. The second kappa shape index (κ2) is 12.6. The number of ether oxygens (including phenoxy) is 1. The number of benzene rings is 3. The molecule has 2 heterocycles. The van der Waals surface area contributed by atoms with Crippen molar-refractivity contribution in [2.75, 3.05) is 17.1 Å². The molecular weight excluding hydrogens is 683 g/mol. The van der Waals surface area contributed by atoms with E-state index in [9.17, 15) is 31.2 Å². The minimum absolute atomic E-state index is 0.0427. The van der Waals surface area contributed by atoms with E-state index in [1.54, 1.807) is 74.5 Å². The topological polar surface area (TPSA) is 122 Å². The molecule has 0 saturated heterocycles. The van der Waals surface area contributed by atoms with Crippen LogP contribution in [0.4, 0.5) is 18.9 Å². The summed E-state index contributed by atoms with van der Waals surface area (Å²) < 4.78 is 79.1. The number of rotatable bonds is 8. The fourth-order valence-corrected chi connectivity index (χ4v) is 7.30. The lowest BCUT2D eigenvalue weighted by molar-refractivity contribution is -0.159. The number of anilines is 1. The number of carbonyl (C=O) groups excluding carboxylic acids is 1. The maximum atomic E-state index is 13.6. The van der Waals surface area contributed by atoms with Gasteiger partial charge in [-0.05, 0) is 61.7 Å². The number of alkyl halides is 3. The van der Waals surface area contributed by atoms with Gasteiger partial charge in [0.15, 0.2) is 0 Å². The van der Waals surface area contributed by atoms with E-state index in [1.807, 2.05) is 5.32 Å². The molecular formula is C35H31ClF3N3O6S. The highest BCUT2D eigenvalue weighted by atomic mass is 35.5. The third kappa shape index (κ3) is 6.52. The van der Waals surface area contributed by atoms with Gasteiger partial charge in [0.2, 0.25) is 15.9 Å². The Bertz CT molecular complexity index is 2360. The molecule has 2 N–H and O–H groups in total. The monoisotopic (exact) mass is 713 g/mol. The van der Waals surface area contributed by atoms with Crippen LogP contribution in [-0.4, -0.2) is 44.3 Å². The van der Waals surface area contributed by atoms with Crippen LogP contribution >= 0.6 is 11.6 Å². The summed E-state index contributed by atoms with van der Waals surface area (Å²) in [4.78, 5) is 29.6. The van der Waals surface area contributed by atoms with Crippen molar-refractivity contribution in [2.45, 2.75) is 33.0 Å². The number of halogens is 4. The Labute approximate surface area is 284 Å². The van der Waals surface area contributed by atoms with Crippen molar-refractivity contribution >= 4 is 71.6 Å². The zero-order chi connectivity index (χ0) is 35.4. The number of nitrogens with one attached hydrogen (secondary N) is 2. The van der Waals surface area contributed by atoms with Gasteiger partial charge in [0.05, 0.1) is 28.8 Å². The van der Waals surface area contributed by atoms with Gasteiger partial charge in [-0.15, -0.1) is 0 Å². The lowest BCUT2D eigenvalue weighted by atomic mass is 9.79. The minimum Gasteiger partial charge on any atom is -0.457 e. The summed E-state index contributed by atoms with van der Waals surface area (Å²) in [6, 6.07) is 13.0. The molecule has 1 aliphatic carbocycles. The van der Waals surface area contributed by atoms with E-state index in [0.29, 0.717) is 43.9 Å². The first-order valence-corrected chi connectivity index (χ1v) is 17.5. The number of pyridine rings is 1. The first-order chi connectivity index (χ1) is 23.1. The molecule has 0 spiro atoms. The predicted octanol–water partition coefficient (Wildman–Crippen LogP) is 7.93. The number of sulfonamides is 1. The quantitative estimate of drug-likeness (QED) is 0.169. The van der Waals surface area contributed by atoms with Gasteiger partial charge in [-0.1, -0.05) is 42.8 Å². The van der Waals surface area contributed by atoms with Crippen LogP contribution in [0.15, 0.2) is 82.0 Å². The van der Waals surface area contributed by atoms with Crippen LogP contribution in [0.2, 0.25) is 5.02 Å². The number of hydrogen-bond donors (Lipinski definition) is 2. The van der Waals surface area contributed by atoms with Crippen molar-refractivity contribution in [2.24, 2.45) is 11.8 Å². The first kappa shape index (κ1) is 34.1. The van der Waals surface area contributed by atoms with Crippen LogP contribution in [0, 0.1) is 11.8 Å². The Hall–Kier alpha value is -4.75. The van der Waals surface area contributed by atoms with E-state index in [4.69, 9.17) is 20.8 Å². The molecule has 1 aliphatic rings. The van der Waals surface area contributed by atoms with E-state index in [-0.39, 0.29) is 28.8 Å². The Kier molecular flexibility index (Phi) is 8.78. The number of nitrogens with zero attached hydrogens (tertiary/aromatic N) is 1. The van der Waals surface area contributed by atoms with Crippen LogP contribution in [0.1, 0.15) is 26.3 Å². The molecule has 3 atom stereocenters. The van der Waals surface area contributed by atoms with E-state index >= 15 is 0 Å². The maximum absolute atomic E-state index is 13.6. The second-order valence-corrected chi connectivity index (χ2v) is 14.3. The van der Waals surface area contributed by atoms with Crippen molar-refractivity contribution in [1.82, 2.24) is 10.3 Å². The molecule has 0 saturated carbocycles.